The number of amides is 1. The summed E-state index contributed by atoms with van der Waals surface area (Å²) < 4.78 is 19.4. The molecule has 2 rings (SSSR count). The number of carboxylic acid groups (broad SMARTS) is 1. The van der Waals surface area contributed by atoms with Gasteiger partial charge in [0.25, 0.3) is 5.91 Å². The first kappa shape index (κ1) is 15.3. The third kappa shape index (κ3) is 3.15. The molecule has 1 aliphatic heterocycles. The molecule has 0 bridgehead atoms. The zero-order chi connectivity index (χ0) is 15.6. The van der Waals surface area contributed by atoms with Crippen LogP contribution >= 0.6 is 0 Å². The van der Waals surface area contributed by atoms with Crippen molar-refractivity contribution in [3.8, 4) is 5.75 Å². The number of aliphatic carboxylic acids is 1. The van der Waals surface area contributed by atoms with E-state index in [1.54, 1.807) is 0 Å². The molecule has 114 valence electrons. The van der Waals surface area contributed by atoms with Crippen LogP contribution in [-0.2, 0) is 9.59 Å². The van der Waals surface area contributed by atoms with Crippen molar-refractivity contribution in [2.24, 2.45) is 0 Å². The van der Waals surface area contributed by atoms with E-state index in [0.717, 1.165) is 11.1 Å². The Hall–Kier alpha value is -2.11. The number of nitrogens with zero attached hydrogens (tertiary/aromatic N) is 1. The van der Waals surface area contributed by atoms with Crippen LogP contribution in [0.2, 0.25) is 0 Å². The first-order valence-corrected chi connectivity index (χ1v) is 6.72. The quantitative estimate of drug-likeness (QED) is 0.918. The lowest BCUT2D eigenvalue weighted by atomic mass is 10.1. The fourth-order valence-corrected chi connectivity index (χ4v) is 2.41. The Balaban J connectivity index is 1.96. The molecule has 1 aromatic rings. The van der Waals surface area contributed by atoms with Crippen molar-refractivity contribution in [3.05, 3.63) is 29.3 Å². The van der Waals surface area contributed by atoms with Gasteiger partial charge in [-0.25, -0.2) is 9.18 Å². The maximum absolute atomic E-state index is 13.9. The average Bonchev–Trinajstić information content (AvgIpc) is 2.82. The van der Waals surface area contributed by atoms with E-state index in [1.807, 2.05) is 32.0 Å². The van der Waals surface area contributed by atoms with E-state index in [9.17, 15) is 14.0 Å². The maximum Gasteiger partial charge on any atom is 0.343 e. The Kier molecular flexibility index (Phi) is 4.16. The standard InChI is InChI=1S/C15H18FNO4/c1-10-4-3-5-11(2)13(10)21-8-12(18)17-7-6-15(16,9-17)14(19)20/h3-5H,6-9H2,1-2H3,(H,19,20). The van der Waals surface area contributed by atoms with Crippen molar-refractivity contribution in [1.29, 1.82) is 0 Å². The summed E-state index contributed by atoms with van der Waals surface area (Å²) in [5, 5.41) is 8.81. The van der Waals surface area contributed by atoms with Gasteiger partial charge >= 0.3 is 5.97 Å². The second-order valence-corrected chi connectivity index (χ2v) is 5.35. The van der Waals surface area contributed by atoms with Crippen molar-refractivity contribution in [2.45, 2.75) is 25.9 Å². The van der Waals surface area contributed by atoms with Gasteiger partial charge in [0.1, 0.15) is 5.75 Å². The summed E-state index contributed by atoms with van der Waals surface area (Å²) in [5.74, 6) is -1.29. The Morgan fingerprint density at radius 2 is 2.00 bits per heavy atom. The average molecular weight is 295 g/mol. The van der Waals surface area contributed by atoms with Crippen LogP contribution in [0.25, 0.3) is 0 Å². The summed E-state index contributed by atoms with van der Waals surface area (Å²) in [7, 11) is 0. The van der Waals surface area contributed by atoms with Gasteiger partial charge in [-0.3, -0.25) is 4.79 Å². The molecule has 1 fully saturated rings. The lowest BCUT2D eigenvalue weighted by Gasteiger charge is -2.19. The molecule has 5 nitrogen and oxygen atoms in total. The Labute approximate surface area is 122 Å². The van der Waals surface area contributed by atoms with E-state index < -0.39 is 24.1 Å². The molecule has 1 N–H and O–H groups in total. The van der Waals surface area contributed by atoms with Gasteiger partial charge in [0, 0.05) is 13.0 Å². The van der Waals surface area contributed by atoms with E-state index in [1.165, 1.54) is 4.90 Å². The molecule has 0 aromatic heterocycles. The number of halogens is 1. The largest absolute Gasteiger partial charge is 0.483 e. The fraction of sp³-hybridized carbons (Fsp3) is 0.467. The minimum atomic E-state index is -2.34. The highest BCUT2D eigenvalue weighted by Crippen LogP contribution is 2.26. The fourth-order valence-electron chi connectivity index (χ4n) is 2.41. The van der Waals surface area contributed by atoms with Crippen LogP contribution in [0.1, 0.15) is 17.5 Å². The van der Waals surface area contributed by atoms with E-state index in [2.05, 4.69) is 0 Å². The smallest absolute Gasteiger partial charge is 0.343 e. The van der Waals surface area contributed by atoms with E-state index in [0.29, 0.717) is 5.75 Å². The molecular formula is C15H18FNO4. The lowest BCUT2D eigenvalue weighted by Crippen LogP contribution is -2.40. The van der Waals surface area contributed by atoms with Crippen molar-refractivity contribution in [3.63, 3.8) is 0 Å². The van der Waals surface area contributed by atoms with Crippen LogP contribution in [0.4, 0.5) is 4.39 Å². The molecule has 6 heteroatoms. The second-order valence-electron chi connectivity index (χ2n) is 5.35. The number of likely N-dealkylation sites (tertiary alicyclic amines) is 1. The number of benzene rings is 1. The van der Waals surface area contributed by atoms with Crippen LogP contribution < -0.4 is 4.74 Å². The number of carboxylic acids is 1. The van der Waals surface area contributed by atoms with Crippen molar-refractivity contribution in [1.82, 2.24) is 4.90 Å². The first-order chi connectivity index (χ1) is 9.83. The summed E-state index contributed by atoms with van der Waals surface area (Å²) >= 11 is 0. The number of rotatable bonds is 4. The maximum atomic E-state index is 13.9. The van der Waals surface area contributed by atoms with Gasteiger partial charge in [0.15, 0.2) is 6.61 Å². The number of aryl methyl sites for hydroxylation is 2. The molecule has 0 saturated carbocycles. The Bertz CT molecular complexity index is 555. The molecule has 0 spiro atoms. The van der Waals surface area contributed by atoms with Crippen LogP contribution in [0.5, 0.6) is 5.75 Å². The molecule has 1 atom stereocenters. The van der Waals surface area contributed by atoms with Crippen molar-refractivity contribution >= 4 is 11.9 Å². The number of para-hydroxylation sites is 1. The highest BCUT2D eigenvalue weighted by molar-refractivity contribution is 5.83. The van der Waals surface area contributed by atoms with Crippen molar-refractivity contribution in [2.75, 3.05) is 19.7 Å². The van der Waals surface area contributed by atoms with E-state index in [-0.39, 0.29) is 19.6 Å². The first-order valence-electron chi connectivity index (χ1n) is 6.72. The molecule has 21 heavy (non-hydrogen) atoms. The lowest BCUT2D eigenvalue weighted by molar-refractivity contribution is -0.150. The molecule has 1 aliphatic rings. The highest BCUT2D eigenvalue weighted by atomic mass is 19.1. The van der Waals surface area contributed by atoms with Gasteiger partial charge < -0.3 is 14.7 Å². The summed E-state index contributed by atoms with van der Waals surface area (Å²) in [6.07, 6.45) is -0.183. The highest BCUT2D eigenvalue weighted by Gasteiger charge is 2.46. The number of carbonyl (C=O) groups excluding carboxylic acids is 1. The van der Waals surface area contributed by atoms with Gasteiger partial charge in [-0.2, -0.15) is 0 Å². The van der Waals surface area contributed by atoms with Gasteiger partial charge in [-0.05, 0) is 25.0 Å². The Morgan fingerprint density at radius 3 is 2.52 bits per heavy atom. The van der Waals surface area contributed by atoms with Crippen LogP contribution in [0.3, 0.4) is 0 Å². The predicted molar refractivity (Wildman–Crippen MR) is 74.1 cm³/mol. The normalized spacial score (nSPS) is 21.4. The minimum absolute atomic E-state index is 0.0950. The molecule has 1 unspecified atom stereocenters. The molecular weight excluding hydrogens is 277 g/mol. The third-order valence-electron chi connectivity index (χ3n) is 3.70. The van der Waals surface area contributed by atoms with Gasteiger partial charge in [-0.15, -0.1) is 0 Å². The monoisotopic (exact) mass is 295 g/mol. The van der Waals surface area contributed by atoms with Gasteiger partial charge in [0.2, 0.25) is 5.67 Å². The predicted octanol–water partition coefficient (Wildman–Crippen LogP) is 1.71. The summed E-state index contributed by atoms with van der Waals surface area (Å²) in [4.78, 5) is 24.0. The molecule has 1 amide bonds. The SMILES string of the molecule is Cc1cccc(C)c1OCC(=O)N1CCC(F)(C(=O)O)C1. The molecule has 0 aliphatic carbocycles. The molecule has 1 saturated heterocycles. The topological polar surface area (TPSA) is 66.8 Å². The zero-order valence-electron chi connectivity index (χ0n) is 12.1. The van der Waals surface area contributed by atoms with Crippen LogP contribution in [0, 0.1) is 13.8 Å². The number of hydrogen-bond donors (Lipinski definition) is 1. The minimum Gasteiger partial charge on any atom is -0.483 e. The van der Waals surface area contributed by atoms with Crippen molar-refractivity contribution < 1.29 is 23.8 Å². The number of ether oxygens (including phenoxy) is 1. The van der Waals surface area contributed by atoms with Gasteiger partial charge in [-0.1, -0.05) is 18.2 Å². The zero-order valence-corrected chi connectivity index (χ0v) is 12.1. The number of hydrogen-bond acceptors (Lipinski definition) is 3. The molecule has 1 heterocycles. The molecule has 1 aromatic carbocycles. The summed E-state index contributed by atoms with van der Waals surface area (Å²) in [6.45, 7) is 3.20. The summed E-state index contributed by atoms with van der Waals surface area (Å²) in [6, 6.07) is 5.64. The third-order valence-corrected chi connectivity index (χ3v) is 3.70. The van der Waals surface area contributed by atoms with E-state index >= 15 is 0 Å². The number of carbonyl (C=O) groups is 2. The summed E-state index contributed by atoms with van der Waals surface area (Å²) in [5.41, 5.74) is -0.516. The number of alkyl halides is 1. The van der Waals surface area contributed by atoms with Gasteiger partial charge in [0.05, 0.1) is 6.54 Å². The van der Waals surface area contributed by atoms with Crippen LogP contribution in [0.15, 0.2) is 18.2 Å². The Morgan fingerprint density at radius 1 is 1.38 bits per heavy atom. The van der Waals surface area contributed by atoms with Crippen LogP contribution in [-0.4, -0.2) is 47.2 Å². The van der Waals surface area contributed by atoms with E-state index in [4.69, 9.17) is 9.84 Å². The second kappa shape index (κ2) is 5.71. The molecule has 0 radical (unpaired) electrons.